The van der Waals surface area contributed by atoms with E-state index in [9.17, 15) is 0 Å². The maximum Gasteiger partial charge on any atom is 0.227 e. The fourth-order valence-electron chi connectivity index (χ4n) is 1.44. The van der Waals surface area contributed by atoms with Crippen LogP contribution in [-0.2, 0) is 0 Å². The largest absolute Gasteiger partial charge is 0.383 e. The summed E-state index contributed by atoms with van der Waals surface area (Å²) < 4.78 is 0.917. The van der Waals surface area contributed by atoms with E-state index in [1.54, 1.807) is 6.20 Å². The molecule has 2 rings (SSSR count). The molecule has 0 amide bonds. The highest BCUT2D eigenvalue weighted by Gasteiger charge is 2.15. The molecule has 0 bridgehead atoms. The molecule has 13 heavy (non-hydrogen) atoms. The number of nitrogens with zero attached hydrogens (tertiary/aromatic N) is 3. The minimum Gasteiger partial charge on any atom is -0.383 e. The average Bonchev–Trinajstić information content (AvgIpc) is 2.62. The van der Waals surface area contributed by atoms with Crippen LogP contribution in [0.1, 0.15) is 12.8 Å². The van der Waals surface area contributed by atoms with Crippen molar-refractivity contribution in [3.8, 4) is 0 Å². The second-order valence-corrected chi connectivity index (χ2v) is 4.26. The van der Waals surface area contributed by atoms with Crippen LogP contribution in [0.3, 0.4) is 0 Å². The minimum atomic E-state index is 0.581. The van der Waals surface area contributed by atoms with Gasteiger partial charge in [0, 0.05) is 19.3 Å². The predicted molar refractivity (Wildman–Crippen MR) is 60.6 cm³/mol. The van der Waals surface area contributed by atoms with Crippen LogP contribution in [0.25, 0.3) is 0 Å². The van der Waals surface area contributed by atoms with Crippen molar-refractivity contribution in [2.75, 3.05) is 23.7 Å². The van der Waals surface area contributed by atoms with E-state index in [-0.39, 0.29) is 0 Å². The summed E-state index contributed by atoms with van der Waals surface area (Å²) in [7, 11) is 0. The van der Waals surface area contributed by atoms with Crippen LogP contribution in [0.5, 0.6) is 0 Å². The molecule has 0 saturated carbocycles. The highest BCUT2D eigenvalue weighted by Crippen LogP contribution is 2.18. The van der Waals surface area contributed by atoms with E-state index in [0.717, 1.165) is 22.6 Å². The zero-order valence-corrected chi connectivity index (χ0v) is 9.36. The van der Waals surface area contributed by atoms with Gasteiger partial charge in [0.05, 0.1) is 3.57 Å². The third-order valence-electron chi connectivity index (χ3n) is 2.15. The van der Waals surface area contributed by atoms with Gasteiger partial charge in [0.15, 0.2) is 0 Å². The van der Waals surface area contributed by atoms with E-state index in [0.29, 0.717) is 5.82 Å². The van der Waals surface area contributed by atoms with Gasteiger partial charge in [-0.05, 0) is 35.4 Å². The molecule has 1 aromatic rings. The monoisotopic (exact) mass is 290 g/mol. The fraction of sp³-hybridized carbons (Fsp3) is 0.500. The molecule has 2 N–H and O–H groups in total. The number of anilines is 2. The quantitative estimate of drug-likeness (QED) is 0.791. The van der Waals surface area contributed by atoms with E-state index >= 15 is 0 Å². The molecule has 4 nitrogen and oxygen atoms in total. The average molecular weight is 290 g/mol. The van der Waals surface area contributed by atoms with Crippen LogP contribution in [-0.4, -0.2) is 23.1 Å². The molecule has 2 heterocycles. The zero-order valence-electron chi connectivity index (χ0n) is 7.20. The number of nitrogen functional groups attached to an aromatic ring is 1. The molecule has 0 spiro atoms. The molecule has 0 aliphatic carbocycles. The lowest BCUT2D eigenvalue weighted by atomic mass is 10.4. The first kappa shape index (κ1) is 8.98. The van der Waals surface area contributed by atoms with Crippen LogP contribution in [0, 0.1) is 3.57 Å². The predicted octanol–water partition coefficient (Wildman–Crippen LogP) is 1.26. The molecule has 0 atom stereocenters. The summed E-state index contributed by atoms with van der Waals surface area (Å²) in [6.45, 7) is 2.11. The Labute approximate surface area is 90.7 Å². The van der Waals surface area contributed by atoms with Crippen molar-refractivity contribution in [2.45, 2.75) is 12.8 Å². The van der Waals surface area contributed by atoms with Gasteiger partial charge in [-0.1, -0.05) is 0 Å². The van der Waals surface area contributed by atoms with Gasteiger partial charge in [0.25, 0.3) is 0 Å². The van der Waals surface area contributed by atoms with Crippen molar-refractivity contribution < 1.29 is 0 Å². The summed E-state index contributed by atoms with van der Waals surface area (Å²) >= 11 is 2.14. The Bertz CT molecular complexity index is 309. The SMILES string of the molecule is Nc1nc(N2CCCC2)ncc1I. The van der Waals surface area contributed by atoms with Crippen LogP contribution >= 0.6 is 22.6 Å². The Kier molecular flexibility index (Phi) is 2.52. The molecule has 5 heteroatoms. The standard InChI is InChI=1S/C8H11IN4/c9-6-5-11-8(12-7(6)10)13-3-1-2-4-13/h5H,1-4H2,(H2,10,11,12). The van der Waals surface area contributed by atoms with Gasteiger partial charge >= 0.3 is 0 Å². The molecule has 1 fully saturated rings. The molecule has 0 aromatic carbocycles. The number of halogens is 1. The second-order valence-electron chi connectivity index (χ2n) is 3.10. The molecule has 1 saturated heterocycles. The summed E-state index contributed by atoms with van der Waals surface area (Å²) in [4.78, 5) is 10.7. The summed E-state index contributed by atoms with van der Waals surface area (Å²) in [6.07, 6.45) is 4.24. The number of hydrogen-bond acceptors (Lipinski definition) is 4. The van der Waals surface area contributed by atoms with Gasteiger partial charge in [0.1, 0.15) is 5.82 Å². The van der Waals surface area contributed by atoms with Gasteiger partial charge in [0.2, 0.25) is 5.95 Å². The molecular weight excluding hydrogens is 279 g/mol. The second kappa shape index (κ2) is 3.65. The Hall–Kier alpha value is -0.590. The van der Waals surface area contributed by atoms with Gasteiger partial charge in [-0.15, -0.1) is 0 Å². The fourth-order valence-corrected chi connectivity index (χ4v) is 1.70. The Morgan fingerprint density at radius 2 is 2.08 bits per heavy atom. The lowest BCUT2D eigenvalue weighted by Gasteiger charge is -2.14. The summed E-state index contributed by atoms with van der Waals surface area (Å²) in [6, 6.07) is 0. The Morgan fingerprint density at radius 1 is 1.38 bits per heavy atom. The number of rotatable bonds is 1. The summed E-state index contributed by atoms with van der Waals surface area (Å²) in [5, 5.41) is 0. The van der Waals surface area contributed by atoms with Crippen LogP contribution < -0.4 is 10.6 Å². The van der Waals surface area contributed by atoms with Crippen molar-refractivity contribution in [2.24, 2.45) is 0 Å². The first-order valence-corrected chi connectivity index (χ1v) is 5.38. The molecule has 0 radical (unpaired) electrons. The smallest absolute Gasteiger partial charge is 0.227 e. The first-order chi connectivity index (χ1) is 6.27. The van der Waals surface area contributed by atoms with Crippen molar-refractivity contribution in [1.82, 2.24) is 9.97 Å². The van der Waals surface area contributed by atoms with Crippen LogP contribution in [0.15, 0.2) is 6.20 Å². The van der Waals surface area contributed by atoms with Gasteiger partial charge in [-0.2, -0.15) is 4.98 Å². The van der Waals surface area contributed by atoms with E-state index < -0.39 is 0 Å². The maximum atomic E-state index is 5.70. The van der Waals surface area contributed by atoms with Gasteiger partial charge < -0.3 is 10.6 Å². The first-order valence-electron chi connectivity index (χ1n) is 4.30. The number of aromatic nitrogens is 2. The minimum absolute atomic E-state index is 0.581. The van der Waals surface area contributed by atoms with Crippen LogP contribution in [0.2, 0.25) is 0 Å². The third-order valence-corrected chi connectivity index (χ3v) is 2.98. The topological polar surface area (TPSA) is 55.0 Å². The Balaban J connectivity index is 2.25. The molecule has 70 valence electrons. The highest BCUT2D eigenvalue weighted by atomic mass is 127. The van der Waals surface area contributed by atoms with Gasteiger partial charge in [-0.3, -0.25) is 0 Å². The van der Waals surface area contributed by atoms with Crippen molar-refractivity contribution in [3.05, 3.63) is 9.77 Å². The summed E-state index contributed by atoms with van der Waals surface area (Å²) in [5.41, 5.74) is 5.70. The number of nitrogens with two attached hydrogens (primary N) is 1. The third kappa shape index (κ3) is 1.84. The zero-order chi connectivity index (χ0) is 9.26. The van der Waals surface area contributed by atoms with E-state index in [2.05, 4.69) is 37.5 Å². The van der Waals surface area contributed by atoms with E-state index in [1.165, 1.54) is 12.8 Å². The molecular formula is C8H11IN4. The molecule has 1 aliphatic rings. The molecule has 1 aromatic heterocycles. The van der Waals surface area contributed by atoms with E-state index in [1.807, 2.05) is 0 Å². The van der Waals surface area contributed by atoms with Crippen LogP contribution in [0.4, 0.5) is 11.8 Å². The molecule has 1 aliphatic heterocycles. The maximum absolute atomic E-state index is 5.70. The van der Waals surface area contributed by atoms with Gasteiger partial charge in [-0.25, -0.2) is 4.98 Å². The summed E-state index contributed by atoms with van der Waals surface area (Å²) in [5.74, 6) is 1.35. The lowest BCUT2D eigenvalue weighted by molar-refractivity contribution is 0.899. The van der Waals surface area contributed by atoms with Crippen molar-refractivity contribution in [1.29, 1.82) is 0 Å². The highest BCUT2D eigenvalue weighted by molar-refractivity contribution is 14.1. The number of hydrogen-bond donors (Lipinski definition) is 1. The van der Waals surface area contributed by atoms with Crippen molar-refractivity contribution in [3.63, 3.8) is 0 Å². The Morgan fingerprint density at radius 3 is 2.69 bits per heavy atom. The normalized spacial score (nSPS) is 16.5. The van der Waals surface area contributed by atoms with Crippen molar-refractivity contribution >= 4 is 34.4 Å². The molecule has 0 unspecified atom stereocenters. The van der Waals surface area contributed by atoms with E-state index in [4.69, 9.17) is 5.73 Å². The lowest BCUT2D eigenvalue weighted by Crippen LogP contribution is -2.20.